The van der Waals surface area contributed by atoms with Crippen molar-refractivity contribution in [3.63, 3.8) is 0 Å². The monoisotopic (exact) mass is 366 g/mol. The Labute approximate surface area is 153 Å². The predicted octanol–water partition coefficient (Wildman–Crippen LogP) is 4.09. The van der Waals surface area contributed by atoms with Crippen molar-refractivity contribution < 1.29 is 18.7 Å². The van der Waals surface area contributed by atoms with Gasteiger partial charge in [0.2, 0.25) is 6.79 Å². The highest BCUT2D eigenvalue weighted by atomic mass is 32.1. The lowest BCUT2D eigenvalue weighted by atomic mass is 10.1. The second kappa shape index (κ2) is 6.58. The number of carbonyl (C=O) groups is 1. The van der Waals surface area contributed by atoms with Gasteiger partial charge in [-0.3, -0.25) is 4.79 Å². The fourth-order valence-corrected chi connectivity index (χ4v) is 3.95. The van der Waals surface area contributed by atoms with Gasteiger partial charge in [-0.15, -0.1) is 11.3 Å². The Morgan fingerprint density at radius 3 is 2.92 bits per heavy atom. The lowest BCUT2D eigenvalue weighted by molar-refractivity contribution is 0.0997. The highest BCUT2D eigenvalue weighted by Crippen LogP contribution is 2.37. The maximum absolute atomic E-state index is 12.2. The molecule has 6 nitrogen and oxygen atoms in total. The number of nitrogens with one attached hydrogen (secondary N) is 1. The molecule has 0 atom stereocenters. The molecule has 26 heavy (non-hydrogen) atoms. The van der Waals surface area contributed by atoms with Crippen molar-refractivity contribution >= 4 is 22.2 Å². The molecular weight excluding hydrogens is 352 g/mol. The van der Waals surface area contributed by atoms with Gasteiger partial charge in [0.25, 0.3) is 5.91 Å². The zero-order valence-electron chi connectivity index (χ0n) is 13.9. The van der Waals surface area contributed by atoms with Gasteiger partial charge in [-0.2, -0.15) is 5.26 Å². The number of fused-ring (bicyclic) bond motifs is 1. The summed E-state index contributed by atoms with van der Waals surface area (Å²) in [5.41, 5.74) is 2.39. The molecule has 4 rings (SSSR count). The van der Waals surface area contributed by atoms with Gasteiger partial charge >= 0.3 is 0 Å². The average Bonchev–Trinajstić information content (AvgIpc) is 3.36. The Balaban J connectivity index is 1.60. The van der Waals surface area contributed by atoms with Crippen LogP contribution in [0.15, 0.2) is 41.0 Å². The number of benzene rings is 1. The maximum Gasteiger partial charge on any atom is 0.291 e. The van der Waals surface area contributed by atoms with Crippen LogP contribution in [-0.4, -0.2) is 12.7 Å². The number of amides is 1. The number of hydrogen-bond acceptors (Lipinski definition) is 6. The molecule has 0 saturated heterocycles. The van der Waals surface area contributed by atoms with E-state index in [1.807, 2.05) is 25.1 Å². The van der Waals surface area contributed by atoms with Gasteiger partial charge in [0.1, 0.15) is 11.1 Å². The first-order chi connectivity index (χ1) is 12.7. The Morgan fingerprint density at radius 2 is 2.15 bits per heavy atom. The van der Waals surface area contributed by atoms with Gasteiger partial charge in [0, 0.05) is 11.3 Å². The Morgan fingerprint density at radius 1 is 1.31 bits per heavy atom. The molecule has 1 N–H and O–H groups in total. The Kier molecular flexibility index (Phi) is 4.11. The SMILES string of the molecule is Cc1c(Cc2ccc3c(c2)OCO3)sc(NC(=O)c2ccco2)c1C#N. The van der Waals surface area contributed by atoms with E-state index < -0.39 is 0 Å². The molecular formula is C19H14N2O4S. The number of ether oxygens (including phenoxy) is 2. The van der Waals surface area contributed by atoms with Gasteiger partial charge in [0.15, 0.2) is 17.3 Å². The Hall–Kier alpha value is -3.24. The first-order valence-electron chi connectivity index (χ1n) is 7.91. The quantitative estimate of drug-likeness (QED) is 0.752. The van der Waals surface area contributed by atoms with Gasteiger partial charge in [-0.25, -0.2) is 0 Å². The lowest BCUT2D eigenvalue weighted by Crippen LogP contribution is -2.10. The summed E-state index contributed by atoms with van der Waals surface area (Å²) in [6.45, 7) is 2.12. The van der Waals surface area contributed by atoms with E-state index in [1.165, 1.54) is 17.6 Å². The van der Waals surface area contributed by atoms with Crippen molar-refractivity contribution in [2.75, 3.05) is 12.1 Å². The van der Waals surface area contributed by atoms with Crippen LogP contribution in [-0.2, 0) is 6.42 Å². The molecule has 7 heteroatoms. The number of rotatable bonds is 4. The van der Waals surface area contributed by atoms with Crippen LogP contribution in [0.3, 0.4) is 0 Å². The summed E-state index contributed by atoms with van der Waals surface area (Å²) in [7, 11) is 0. The summed E-state index contributed by atoms with van der Waals surface area (Å²) in [5, 5.41) is 12.8. The fourth-order valence-electron chi connectivity index (χ4n) is 2.76. The Bertz CT molecular complexity index is 1020. The molecule has 3 heterocycles. The van der Waals surface area contributed by atoms with Crippen LogP contribution >= 0.6 is 11.3 Å². The molecule has 0 aliphatic carbocycles. The molecule has 0 bridgehead atoms. The van der Waals surface area contributed by atoms with E-state index >= 15 is 0 Å². The van der Waals surface area contributed by atoms with Crippen LogP contribution in [0.1, 0.15) is 32.1 Å². The zero-order valence-corrected chi connectivity index (χ0v) is 14.7. The highest BCUT2D eigenvalue weighted by Gasteiger charge is 2.20. The van der Waals surface area contributed by atoms with Crippen LogP contribution in [0.5, 0.6) is 11.5 Å². The topological polar surface area (TPSA) is 84.5 Å². The van der Waals surface area contributed by atoms with E-state index in [0.29, 0.717) is 17.0 Å². The molecule has 2 aromatic heterocycles. The molecule has 0 unspecified atom stereocenters. The summed E-state index contributed by atoms with van der Waals surface area (Å²) in [5.74, 6) is 1.30. The largest absolute Gasteiger partial charge is 0.459 e. The van der Waals surface area contributed by atoms with Crippen LogP contribution < -0.4 is 14.8 Å². The molecule has 0 fully saturated rings. The minimum absolute atomic E-state index is 0.206. The van der Waals surface area contributed by atoms with Crippen LogP contribution in [0, 0.1) is 18.3 Å². The second-order valence-electron chi connectivity index (χ2n) is 5.76. The molecule has 1 aliphatic heterocycles. The van der Waals surface area contributed by atoms with Crippen LogP contribution in [0.4, 0.5) is 5.00 Å². The first kappa shape index (κ1) is 16.2. The van der Waals surface area contributed by atoms with Crippen molar-refractivity contribution in [3.8, 4) is 17.6 Å². The molecule has 1 amide bonds. The van der Waals surface area contributed by atoms with Gasteiger partial charge in [-0.1, -0.05) is 6.07 Å². The fraction of sp³-hybridized carbons (Fsp3) is 0.158. The van der Waals surface area contributed by atoms with E-state index in [9.17, 15) is 10.1 Å². The summed E-state index contributed by atoms with van der Waals surface area (Å²) in [4.78, 5) is 13.2. The third kappa shape index (κ3) is 2.91. The third-order valence-electron chi connectivity index (χ3n) is 4.13. The van der Waals surface area contributed by atoms with E-state index in [2.05, 4.69) is 11.4 Å². The number of nitrogens with zero attached hydrogens (tertiary/aromatic N) is 1. The highest BCUT2D eigenvalue weighted by molar-refractivity contribution is 7.16. The predicted molar refractivity (Wildman–Crippen MR) is 95.8 cm³/mol. The van der Waals surface area contributed by atoms with E-state index in [-0.39, 0.29) is 18.5 Å². The van der Waals surface area contributed by atoms with Crippen LogP contribution in [0.25, 0.3) is 0 Å². The van der Waals surface area contributed by atoms with Crippen molar-refractivity contribution in [2.45, 2.75) is 13.3 Å². The number of hydrogen-bond donors (Lipinski definition) is 1. The molecule has 130 valence electrons. The maximum atomic E-state index is 12.2. The number of anilines is 1. The van der Waals surface area contributed by atoms with E-state index in [4.69, 9.17) is 13.9 Å². The summed E-state index contributed by atoms with van der Waals surface area (Å²) < 4.78 is 15.8. The van der Waals surface area contributed by atoms with Gasteiger partial charge in [0.05, 0.1) is 11.8 Å². The van der Waals surface area contributed by atoms with Crippen molar-refractivity contribution in [1.29, 1.82) is 5.26 Å². The molecule has 0 radical (unpaired) electrons. The van der Waals surface area contributed by atoms with Gasteiger partial charge < -0.3 is 19.2 Å². The van der Waals surface area contributed by atoms with Crippen molar-refractivity contribution in [2.24, 2.45) is 0 Å². The van der Waals surface area contributed by atoms with Crippen molar-refractivity contribution in [3.05, 3.63) is 63.9 Å². The van der Waals surface area contributed by atoms with E-state index in [1.54, 1.807) is 12.1 Å². The smallest absolute Gasteiger partial charge is 0.291 e. The minimum Gasteiger partial charge on any atom is -0.459 e. The standard InChI is InChI=1S/C19H14N2O4S/c1-11-13(9-20)19(21-18(22)15-3-2-6-23-15)26-17(11)8-12-4-5-14-16(7-12)25-10-24-14/h2-7H,8,10H2,1H3,(H,21,22). The number of furan rings is 1. The molecule has 1 aromatic carbocycles. The molecule has 3 aromatic rings. The number of nitriles is 1. The van der Waals surface area contributed by atoms with Crippen molar-refractivity contribution in [1.82, 2.24) is 0 Å². The summed E-state index contributed by atoms with van der Waals surface area (Å²) in [6, 6.07) is 11.2. The third-order valence-corrected chi connectivity index (χ3v) is 5.34. The molecule has 1 aliphatic rings. The molecule has 0 spiro atoms. The molecule has 0 saturated carbocycles. The summed E-state index contributed by atoms with van der Waals surface area (Å²) in [6.07, 6.45) is 2.07. The zero-order chi connectivity index (χ0) is 18.1. The van der Waals surface area contributed by atoms with Crippen LogP contribution in [0.2, 0.25) is 0 Å². The van der Waals surface area contributed by atoms with E-state index in [0.717, 1.165) is 27.5 Å². The number of carbonyl (C=O) groups excluding carboxylic acids is 1. The average molecular weight is 366 g/mol. The van der Waals surface area contributed by atoms with Gasteiger partial charge in [-0.05, 0) is 42.3 Å². The first-order valence-corrected chi connectivity index (χ1v) is 8.73. The second-order valence-corrected chi connectivity index (χ2v) is 6.87. The summed E-state index contributed by atoms with van der Waals surface area (Å²) >= 11 is 1.40. The normalized spacial score (nSPS) is 12.0. The number of thiophene rings is 1. The minimum atomic E-state index is -0.373. The lowest BCUT2D eigenvalue weighted by Gasteiger charge is -2.02.